The SMILES string of the molecule is O=C(CSc1nc2ccccc2s1)N1N=C(c2ccc(F)cc2)C[C@@H]1c1ccc(F)cc1. The zero-order chi connectivity index (χ0) is 22.1. The minimum atomic E-state index is -0.348. The smallest absolute Gasteiger partial charge is 0.253 e. The van der Waals surface area contributed by atoms with Gasteiger partial charge in [-0.1, -0.05) is 48.2 Å². The quantitative estimate of drug-likeness (QED) is 0.337. The van der Waals surface area contributed by atoms with Gasteiger partial charge in [-0.3, -0.25) is 4.79 Å². The van der Waals surface area contributed by atoms with Crippen LogP contribution in [0.1, 0.15) is 23.6 Å². The van der Waals surface area contributed by atoms with E-state index in [0.29, 0.717) is 12.1 Å². The van der Waals surface area contributed by atoms with E-state index >= 15 is 0 Å². The van der Waals surface area contributed by atoms with E-state index in [-0.39, 0.29) is 29.3 Å². The number of aromatic nitrogens is 1. The Morgan fingerprint density at radius 3 is 2.41 bits per heavy atom. The van der Waals surface area contributed by atoms with Crippen molar-refractivity contribution < 1.29 is 13.6 Å². The molecule has 1 atom stereocenters. The molecule has 4 nitrogen and oxygen atoms in total. The van der Waals surface area contributed by atoms with E-state index < -0.39 is 0 Å². The van der Waals surface area contributed by atoms with Crippen molar-refractivity contribution >= 4 is 44.9 Å². The highest BCUT2D eigenvalue weighted by atomic mass is 32.2. The Morgan fingerprint density at radius 1 is 1.00 bits per heavy atom. The molecule has 0 radical (unpaired) electrons. The molecule has 4 aromatic rings. The van der Waals surface area contributed by atoms with Crippen molar-refractivity contribution in [1.29, 1.82) is 0 Å². The summed E-state index contributed by atoms with van der Waals surface area (Å²) in [6.45, 7) is 0. The Bertz CT molecular complexity index is 1270. The summed E-state index contributed by atoms with van der Waals surface area (Å²) in [5.41, 5.74) is 3.16. The molecule has 3 aromatic carbocycles. The van der Waals surface area contributed by atoms with Gasteiger partial charge in [-0.2, -0.15) is 5.10 Å². The second-order valence-corrected chi connectivity index (χ2v) is 9.55. The number of carbonyl (C=O) groups excluding carboxylic acids is 1. The first-order valence-corrected chi connectivity index (χ1v) is 11.8. The summed E-state index contributed by atoms with van der Waals surface area (Å²) in [6.07, 6.45) is 0.467. The van der Waals surface area contributed by atoms with Crippen molar-refractivity contribution in [3.63, 3.8) is 0 Å². The fraction of sp³-hybridized carbons (Fsp3) is 0.125. The van der Waals surface area contributed by atoms with E-state index in [1.165, 1.54) is 41.0 Å². The average Bonchev–Trinajstić information content (AvgIpc) is 3.43. The standard InChI is InChI=1S/C24H17F2N3OS2/c25-17-9-5-15(6-10-17)20-13-21(16-7-11-18(26)12-8-16)29(28-20)23(30)14-31-24-27-19-3-1-2-4-22(19)32-24/h1-12,21H,13-14H2/t21-/m1/s1. The number of hydrogen-bond acceptors (Lipinski definition) is 5. The molecular formula is C24H17F2N3OS2. The van der Waals surface area contributed by atoms with E-state index in [1.807, 2.05) is 24.3 Å². The maximum absolute atomic E-state index is 13.5. The van der Waals surface area contributed by atoms with Gasteiger partial charge < -0.3 is 0 Å². The van der Waals surface area contributed by atoms with Crippen molar-refractivity contribution in [1.82, 2.24) is 9.99 Å². The summed E-state index contributed by atoms with van der Waals surface area (Å²) in [5.74, 6) is -0.656. The van der Waals surface area contributed by atoms with Gasteiger partial charge in [0.2, 0.25) is 0 Å². The van der Waals surface area contributed by atoms with Crippen molar-refractivity contribution in [2.45, 2.75) is 16.8 Å². The molecule has 0 bridgehead atoms. The van der Waals surface area contributed by atoms with Crippen molar-refractivity contribution in [2.75, 3.05) is 5.75 Å². The minimum Gasteiger partial charge on any atom is -0.272 e. The van der Waals surface area contributed by atoms with Crippen LogP contribution in [-0.2, 0) is 4.79 Å². The summed E-state index contributed by atoms with van der Waals surface area (Å²) in [6, 6.07) is 19.6. The van der Waals surface area contributed by atoms with Crippen molar-refractivity contribution in [2.24, 2.45) is 5.10 Å². The number of thioether (sulfide) groups is 1. The molecule has 160 valence electrons. The number of halogens is 2. The van der Waals surface area contributed by atoms with Gasteiger partial charge in [0.15, 0.2) is 4.34 Å². The van der Waals surface area contributed by atoms with Crippen LogP contribution in [0.25, 0.3) is 10.2 Å². The lowest BCUT2D eigenvalue weighted by atomic mass is 9.98. The van der Waals surface area contributed by atoms with Gasteiger partial charge in [0.1, 0.15) is 11.6 Å². The highest BCUT2D eigenvalue weighted by Gasteiger charge is 2.33. The minimum absolute atomic E-state index is 0.166. The van der Waals surface area contributed by atoms with Gasteiger partial charge in [-0.25, -0.2) is 18.8 Å². The number of amides is 1. The number of thiazole rings is 1. The molecule has 1 aliphatic heterocycles. The summed E-state index contributed by atoms with van der Waals surface area (Å²) >= 11 is 2.92. The van der Waals surface area contributed by atoms with Crippen LogP contribution in [0.3, 0.4) is 0 Å². The van der Waals surface area contributed by atoms with E-state index in [9.17, 15) is 13.6 Å². The Balaban J connectivity index is 1.39. The van der Waals surface area contributed by atoms with Gasteiger partial charge in [0.25, 0.3) is 5.91 Å². The van der Waals surface area contributed by atoms with Crippen LogP contribution in [-0.4, -0.2) is 27.4 Å². The second-order valence-electron chi connectivity index (χ2n) is 7.30. The predicted molar refractivity (Wildman–Crippen MR) is 124 cm³/mol. The largest absolute Gasteiger partial charge is 0.272 e. The van der Waals surface area contributed by atoms with Gasteiger partial charge >= 0.3 is 0 Å². The summed E-state index contributed by atoms with van der Waals surface area (Å²) in [5, 5.41) is 6.04. The number of rotatable bonds is 5. The average molecular weight is 466 g/mol. The van der Waals surface area contributed by atoms with Crippen LogP contribution in [0.4, 0.5) is 8.78 Å². The zero-order valence-electron chi connectivity index (χ0n) is 16.7. The second kappa shape index (κ2) is 8.80. The topological polar surface area (TPSA) is 45.6 Å². The van der Waals surface area contributed by atoms with Gasteiger partial charge in [0.05, 0.1) is 27.7 Å². The number of nitrogens with zero attached hydrogens (tertiary/aromatic N) is 3. The molecule has 32 heavy (non-hydrogen) atoms. The first-order chi connectivity index (χ1) is 15.6. The highest BCUT2D eigenvalue weighted by molar-refractivity contribution is 8.01. The molecule has 0 saturated heterocycles. The fourth-order valence-corrected chi connectivity index (χ4v) is 5.52. The molecule has 0 saturated carbocycles. The third-order valence-electron chi connectivity index (χ3n) is 5.19. The number of para-hydroxylation sites is 1. The zero-order valence-corrected chi connectivity index (χ0v) is 18.4. The van der Waals surface area contributed by atoms with E-state index in [1.54, 1.807) is 35.6 Å². The van der Waals surface area contributed by atoms with E-state index in [2.05, 4.69) is 10.1 Å². The molecule has 1 amide bonds. The molecule has 1 aliphatic rings. The van der Waals surface area contributed by atoms with Gasteiger partial charge in [-0.15, -0.1) is 11.3 Å². The Hall–Kier alpha value is -3.10. The molecule has 0 aliphatic carbocycles. The third kappa shape index (κ3) is 4.28. The Morgan fingerprint density at radius 2 is 1.69 bits per heavy atom. The van der Waals surface area contributed by atoms with Gasteiger partial charge in [-0.05, 0) is 47.5 Å². The summed E-state index contributed by atoms with van der Waals surface area (Å²) in [4.78, 5) is 17.7. The molecule has 2 heterocycles. The maximum atomic E-state index is 13.5. The predicted octanol–water partition coefficient (Wildman–Crippen LogP) is 6.04. The Kier molecular flexibility index (Phi) is 5.71. The molecule has 0 unspecified atom stereocenters. The monoisotopic (exact) mass is 465 g/mol. The molecule has 0 spiro atoms. The third-order valence-corrected chi connectivity index (χ3v) is 7.36. The first kappa shape index (κ1) is 20.8. The van der Waals surface area contributed by atoms with Crippen molar-refractivity contribution in [3.05, 3.63) is 95.6 Å². The van der Waals surface area contributed by atoms with Crippen LogP contribution < -0.4 is 0 Å². The van der Waals surface area contributed by atoms with Crippen LogP contribution >= 0.6 is 23.1 Å². The van der Waals surface area contributed by atoms with Crippen molar-refractivity contribution in [3.8, 4) is 0 Å². The number of fused-ring (bicyclic) bond motifs is 1. The number of benzene rings is 3. The van der Waals surface area contributed by atoms with E-state index in [4.69, 9.17) is 0 Å². The Labute approximate surface area is 191 Å². The molecule has 0 fully saturated rings. The van der Waals surface area contributed by atoms with Crippen LogP contribution in [0.15, 0.2) is 82.2 Å². The molecule has 0 N–H and O–H groups in total. The number of hydrazone groups is 1. The molecular weight excluding hydrogens is 448 g/mol. The lowest BCUT2D eigenvalue weighted by molar-refractivity contribution is -0.130. The lowest BCUT2D eigenvalue weighted by Crippen LogP contribution is -2.28. The first-order valence-electron chi connectivity index (χ1n) is 9.96. The van der Waals surface area contributed by atoms with Crippen LogP contribution in [0.5, 0.6) is 0 Å². The molecule has 5 rings (SSSR count). The number of carbonyl (C=O) groups is 1. The normalized spacial score (nSPS) is 15.9. The number of hydrogen-bond donors (Lipinski definition) is 0. The fourth-order valence-electron chi connectivity index (χ4n) is 3.60. The maximum Gasteiger partial charge on any atom is 0.253 e. The summed E-state index contributed by atoms with van der Waals surface area (Å²) in [7, 11) is 0. The van der Waals surface area contributed by atoms with Crippen LogP contribution in [0, 0.1) is 11.6 Å². The molecule has 1 aromatic heterocycles. The summed E-state index contributed by atoms with van der Waals surface area (Å²) < 4.78 is 28.7. The van der Waals surface area contributed by atoms with E-state index in [0.717, 1.165) is 25.7 Å². The highest BCUT2D eigenvalue weighted by Crippen LogP contribution is 2.35. The lowest BCUT2D eigenvalue weighted by Gasteiger charge is -2.21. The molecule has 8 heteroatoms. The van der Waals surface area contributed by atoms with Gasteiger partial charge in [0, 0.05) is 6.42 Å². The van der Waals surface area contributed by atoms with Crippen LogP contribution in [0.2, 0.25) is 0 Å².